The third-order valence-electron chi connectivity index (χ3n) is 6.00. The number of amides is 1. The molecule has 2 aliphatic heterocycles. The van der Waals surface area contributed by atoms with Crippen LogP contribution in [0.15, 0.2) is 48.5 Å². The van der Waals surface area contributed by atoms with Gasteiger partial charge >= 0.3 is 0 Å². The number of nitrogens with one attached hydrogen (secondary N) is 2. The van der Waals surface area contributed by atoms with E-state index in [0.717, 1.165) is 48.5 Å². The monoisotopic (exact) mass is 431 g/mol. The molecule has 2 heterocycles. The number of piperidine rings is 1. The summed E-state index contributed by atoms with van der Waals surface area (Å²) in [5.41, 5.74) is 9.10. The highest BCUT2D eigenvalue weighted by molar-refractivity contribution is 6.02. The van der Waals surface area contributed by atoms with Crippen LogP contribution in [-0.2, 0) is 11.2 Å². The summed E-state index contributed by atoms with van der Waals surface area (Å²) < 4.78 is 6.18. The molecule has 0 spiro atoms. The predicted molar refractivity (Wildman–Crippen MR) is 128 cm³/mol. The zero-order valence-corrected chi connectivity index (χ0v) is 18.3. The average molecular weight is 432 g/mol. The molecule has 0 bridgehead atoms. The molecule has 4 rings (SSSR count). The van der Waals surface area contributed by atoms with Gasteiger partial charge in [-0.3, -0.25) is 15.6 Å². The zero-order chi connectivity index (χ0) is 22.7. The highest BCUT2D eigenvalue weighted by Crippen LogP contribution is 2.33. The van der Waals surface area contributed by atoms with Crippen molar-refractivity contribution in [3.63, 3.8) is 0 Å². The molecular weight excluding hydrogens is 402 g/mol. The van der Waals surface area contributed by atoms with E-state index in [4.69, 9.17) is 21.3 Å². The summed E-state index contributed by atoms with van der Waals surface area (Å²) in [6.45, 7) is 4.00. The van der Waals surface area contributed by atoms with Crippen molar-refractivity contribution in [3.05, 3.63) is 65.2 Å². The van der Waals surface area contributed by atoms with Crippen molar-refractivity contribution in [2.45, 2.75) is 32.3 Å². The molecule has 7 nitrogen and oxygen atoms in total. The maximum atomic E-state index is 12.6. The fraction of sp³-hybridized carbons (Fsp3) is 0.320. The number of hydrogen-bond acceptors (Lipinski definition) is 4. The van der Waals surface area contributed by atoms with Crippen molar-refractivity contribution in [1.29, 1.82) is 10.8 Å². The van der Waals surface area contributed by atoms with Gasteiger partial charge in [-0.2, -0.15) is 0 Å². The molecule has 0 atom stereocenters. The maximum absolute atomic E-state index is 12.6. The standard InChI is InChI=1S/C25H29N5O2/c1-17(26)29-12-9-21(10-13-29)32-22-7-8-23-20(15-22)16-24(31)30(23)11-3-5-18-4-2-6-19(14-18)25(27)28/h2-8,14-15,21,26H,9-13,16H2,1H3,(H3,27,28)/b5-3+,26-17?. The van der Waals surface area contributed by atoms with E-state index in [0.29, 0.717) is 24.4 Å². The van der Waals surface area contributed by atoms with E-state index in [1.165, 1.54) is 0 Å². The molecule has 0 radical (unpaired) electrons. The first kappa shape index (κ1) is 21.6. The molecule has 4 N–H and O–H groups in total. The third-order valence-corrected chi connectivity index (χ3v) is 6.00. The Hall–Kier alpha value is -3.61. The number of ether oxygens (including phenoxy) is 1. The molecule has 0 unspecified atom stereocenters. The van der Waals surface area contributed by atoms with Gasteiger partial charge in [-0.1, -0.05) is 30.4 Å². The predicted octanol–water partition coefficient (Wildman–Crippen LogP) is 3.41. The topological polar surface area (TPSA) is 107 Å². The van der Waals surface area contributed by atoms with Crippen molar-refractivity contribution in [1.82, 2.24) is 4.90 Å². The summed E-state index contributed by atoms with van der Waals surface area (Å²) >= 11 is 0. The molecule has 2 aromatic carbocycles. The lowest BCUT2D eigenvalue weighted by Gasteiger charge is -2.32. The Labute approximate surface area is 188 Å². The van der Waals surface area contributed by atoms with E-state index < -0.39 is 0 Å². The van der Waals surface area contributed by atoms with Crippen LogP contribution in [0.5, 0.6) is 5.75 Å². The first-order valence-corrected chi connectivity index (χ1v) is 10.9. The molecule has 7 heteroatoms. The van der Waals surface area contributed by atoms with Crippen molar-refractivity contribution >= 4 is 29.3 Å². The number of nitrogens with two attached hydrogens (primary N) is 1. The Bertz CT molecular complexity index is 1070. The lowest BCUT2D eigenvalue weighted by Crippen LogP contribution is -2.40. The van der Waals surface area contributed by atoms with Gasteiger partial charge in [0.2, 0.25) is 5.91 Å². The summed E-state index contributed by atoms with van der Waals surface area (Å²) in [7, 11) is 0. The van der Waals surface area contributed by atoms with Gasteiger partial charge in [-0.15, -0.1) is 0 Å². The van der Waals surface area contributed by atoms with Crippen molar-refractivity contribution < 1.29 is 9.53 Å². The number of anilines is 1. The number of hydrogen-bond donors (Lipinski definition) is 3. The minimum absolute atomic E-state index is 0.0392. The van der Waals surface area contributed by atoms with Crippen molar-refractivity contribution in [2.75, 3.05) is 24.5 Å². The van der Waals surface area contributed by atoms with Crippen LogP contribution < -0.4 is 15.4 Å². The number of carbonyl (C=O) groups excluding carboxylic acids is 1. The fourth-order valence-corrected chi connectivity index (χ4v) is 4.24. The van der Waals surface area contributed by atoms with E-state index in [1.807, 2.05) is 55.5 Å². The van der Waals surface area contributed by atoms with E-state index in [1.54, 1.807) is 11.0 Å². The van der Waals surface area contributed by atoms with E-state index in [2.05, 4.69) is 4.90 Å². The quantitative estimate of drug-likeness (QED) is 0.481. The number of nitrogen functional groups attached to an aromatic ring is 1. The number of rotatable bonds is 6. The maximum Gasteiger partial charge on any atom is 0.231 e. The van der Waals surface area contributed by atoms with E-state index in [9.17, 15) is 4.79 Å². The Morgan fingerprint density at radius 3 is 2.69 bits per heavy atom. The highest BCUT2D eigenvalue weighted by Gasteiger charge is 2.27. The third kappa shape index (κ3) is 4.82. The second-order valence-corrected chi connectivity index (χ2v) is 8.30. The number of carbonyl (C=O) groups is 1. The summed E-state index contributed by atoms with van der Waals surface area (Å²) in [5, 5.41) is 15.3. The highest BCUT2D eigenvalue weighted by atomic mass is 16.5. The smallest absolute Gasteiger partial charge is 0.231 e. The van der Waals surface area contributed by atoms with Crippen LogP contribution in [0.3, 0.4) is 0 Å². The Morgan fingerprint density at radius 1 is 1.19 bits per heavy atom. The fourth-order valence-electron chi connectivity index (χ4n) is 4.24. The lowest BCUT2D eigenvalue weighted by molar-refractivity contribution is -0.117. The molecule has 1 saturated heterocycles. The summed E-state index contributed by atoms with van der Waals surface area (Å²) in [5.74, 6) is 1.53. The van der Waals surface area contributed by atoms with Gasteiger partial charge in [0.25, 0.3) is 0 Å². The normalized spacial score (nSPS) is 16.5. The minimum atomic E-state index is 0.0392. The van der Waals surface area contributed by atoms with Crippen LogP contribution >= 0.6 is 0 Å². The molecule has 2 aromatic rings. The SMILES string of the molecule is CC(=N)N1CCC(Oc2ccc3c(c2)CC(=O)N3C/C=C/c2cccc(C(=N)N)c2)CC1. The molecule has 0 aliphatic carbocycles. The van der Waals surface area contributed by atoms with Crippen molar-refractivity contribution in [2.24, 2.45) is 5.73 Å². The first-order valence-electron chi connectivity index (χ1n) is 10.9. The van der Waals surface area contributed by atoms with Gasteiger partial charge in [-0.05, 0) is 42.3 Å². The number of nitrogens with zero attached hydrogens (tertiary/aromatic N) is 2. The van der Waals surface area contributed by atoms with Crippen LogP contribution in [0, 0.1) is 10.8 Å². The van der Waals surface area contributed by atoms with Gasteiger partial charge in [0.15, 0.2) is 0 Å². The molecular formula is C25H29N5O2. The van der Waals surface area contributed by atoms with E-state index >= 15 is 0 Å². The molecule has 2 aliphatic rings. The van der Waals surface area contributed by atoms with Gasteiger partial charge in [-0.25, -0.2) is 0 Å². The Morgan fingerprint density at radius 2 is 1.97 bits per heavy atom. The van der Waals surface area contributed by atoms with Crippen LogP contribution in [0.1, 0.15) is 36.5 Å². The molecule has 1 fully saturated rings. The second kappa shape index (κ2) is 9.26. The number of benzene rings is 2. The number of likely N-dealkylation sites (tertiary alicyclic amines) is 1. The summed E-state index contributed by atoms with van der Waals surface area (Å²) in [6, 6.07) is 13.4. The van der Waals surface area contributed by atoms with Gasteiger partial charge in [0, 0.05) is 43.7 Å². The van der Waals surface area contributed by atoms with Crippen LogP contribution in [0.25, 0.3) is 6.08 Å². The van der Waals surface area contributed by atoms with Crippen LogP contribution in [0.4, 0.5) is 5.69 Å². The number of fused-ring (bicyclic) bond motifs is 1. The lowest BCUT2D eigenvalue weighted by atomic mass is 10.1. The molecule has 166 valence electrons. The van der Waals surface area contributed by atoms with Gasteiger partial charge in [0.05, 0.1) is 12.3 Å². The molecule has 0 aromatic heterocycles. The zero-order valence-electron chi connectivity index (χ0n) is 18.3. The minimum Gasteiger partial charge on any atom is -0.490 e. The largest absolute Gasteiger partial charge is 0.490 e. The Balaban J connectivity index is 1.38. The molecule has 32 heavy (non-hydrogen) atoms. The molecule has 1 amide bonds. The van der Waals surface area contributed by atoms with Gasteiger partial charge in [0.1, 0.15) is 17.7 Å². The summed E-state index contributed by atoms with van der Waals surface area (Å²) in [6.07, 6.45) is 6.21. The average Bonchev–Trinajstić information content (AvgIpc) is 3.08. The van der Waals surface area contributed by atoms with Crippen LogP contribution in [0.2, 0.25) is 0 Å². The van der Waals surface area contributed by atoms with E-state index in [-0.39, 0.29) is 17.8 Å². The van der Waals surface area contributed by atoms with Crippen molar-refractivity contribution in [3.8, 4) is 5.75 Å². The number of amidine groups is 2. The van der Waals surface area contributed by atoms with Gasteiger partial charge < -0.3 is 20.3 Å². The molecule has 0 saturated carbocycles. The Kier molecular flexibility index (Phi) is 6.25. The second-order valence-electron chi connectivity index (χ2n) is 8.30. The van der Waals surface area contributed by atoms with Crippen LogP contribution in [-0.4, -0.2) is 48.2 Å². The summed E-state index contributed by atoms with van der Waals surface area (Å²) in [4.78, 5) is 16.5. The first-order chi connectivity index (χ1) is 15.4.